The van der Waals surface area contributed by atoms with E-state index in [2.05, 4.69) is 30.5 Å². The van der Waals surface area contributed by atoms with Crippen LogP contribution in [0.4, 0.5) is 0 Å². The lowest BCUT2D eigenvalue weighted by Crippen LogP contribution is -2.31. The highest BCUT2D eigenvalue weighted by molar-refractivity contribution is 5.56. The Hall–Kier alpha value is -1.26. The second-order valence-electron chi connectivity index (χ2n) is 5.49. The molecule has 4 heteroatoms. The predicted molar refractivity (Wildman–Crippen MR) is 86.3 cm³/mol. The van der Waals surface area contributed by atoms with Crippen molar-refractivity contribution in [3.8, 4) is 11.5 Å². The van der Waals surface area contributed by atoms with Crippen molar-refractivity contribution in [1.82, 2.24) is 10.6 Å². The van der Waals surface area contributed by atoms with E-state index in [4.69, 9.17) is 9.47 Å². The van der Waals surface area contributed by atoms with Crippen molar-refractivity contribution in [1.29, 1.82) is 0 Å². The molecule has 1 aliphatic rings. The first-order chi connectivity index (χ1) is 10.3. The molecule has 21 heavy (non-hydrogen) atoms. The summed E-state index contributed by atoms with van der Waals surface area (Å²) < 4.78 is 11.4. The van der Waals surface area contributed by atoms with Crippen molar-refractivity contribution < 1.29 is 9.47 Å². The summed E-state index contributed by atoms with van der Waals surface area (Å²) in [6.45, 7) is 7.10. The number of fused-ring (bicyclic) bond motifs is 1. The van der Waals surface area contributed by atoms with Crippen LogP contribution in [0, 0.1) is 0 Å². The lowest BCUT2D eigenvalue weighted by molar-refractivity contribution is 0.366. The Labute approximate surface area is 128 Å². The molecular weight excluding hydrogens is 264 g/mol. The number of hydrogen-bond donors (Lipinski definition) is 2. The third kappa shape index (κ3) is 3.33. The van der Waals surface area contributed by atoms with E-state index in [-0.39, 0.29) is 0 Å². The van der Waals surface area contributed by atoms with E-state index in [9.17, 15) is 0 Å². The lowest BCUT2D eigenvalue weighted by atomic mass is 9.88. The van der Waals surface area contributed by atoms with Crippen LogP contribution in [0.25, 0.3) is 0 Å². The Morgan fingerprint density at radius 3 is 2.71 bits per heavy atom. The topological polar surface area (TPSA) is 42.5 Å². The number of hydrogen-bond acceptors (Lipinski definition) is 4. The highest BCUT2D eigenvalue weighted by atomic mass is 16.5. The maximum Gasteiger partial charge on any atom is 0.127 e. The highest BCUT2D eigenvalue weighted by Crippen LogP contribution is 2.41. The number of methoxy groups -OCH3 is 2. The molecule has 0 saturated heterocycles. The average molecular weight is 292 g/mol. The van der Waals surface area contributed by atoms with E-state index < -0.39 is 0 Å². The van der Waals surface area contributed by atoms with Gasteiger partial charge >= 0.3 is 0 Å². The summed E-state index contributed by atoms with van der Waals surface area (Å²) in [5.74, 6) is 2.03. The van der Waals surface area contributed by atoms with E-state index in [1.54, 1.807) is 14.2 Å². The maximum absolute atomic E-state index is 5.74. The second-order valence-corrected chi connectivity index (χ2v) is 5.49. The zero-order chi connectivity index (χ0) is 15.2. The van der Waals surface area contributed by atoms with Crippen LogP contribution in [-0.2, 0) is 13.0 Å². The van der Waals surface area contributed by atoms with E-state index in [1.807, 2.05) is 0 Å². The molecule has 0 bridgehead atoms. The Kier molecular flexibility index (Phi) is 5.88. The van der Waals surface area contributed by atoms with E-state index in [0.29, 0.717) is 6.04 Å². The zero-order valence-corrected chi connectivity index (χ0v) is 13.7. The van der Waals surface area contributed by atoms with Crippen molar-refractivity contribution >= 4 is 0 Å². The number of rotatable bonds is 7. The van der Waals surface area contributed by atoms with Gasteiger partial charge in [-0.1, -0.05) is 20.3 Å². The van der Waals surface area contributed by atoms with Crippen LogP contribution in [-0.4, -0.2) is 27.3 Å². The van der Waals surface area contributed by atoms with Crippen LogP contribution in [0.3, 0.4) is 0 Å². The molecule has 0 saturated carbocycles. The molecule has 1 aliphatic heterocycles. The van der Waals surface area contributed by atoms with Crippen molar-refractivity contribution in [3.63, 3.8) is 0 Å². The molecule has 1 aromatic carbocycles. The quantitative estimate of drug-likeness (QED) is 0.811. The third-order valence-corrected chi connectivity index (χ3v) is 4.14. The fourth-order valence-electron chi connectivity index (χ4n) is 3.22. The third-order valence-electron chi connectivity index (χ3n) is 4.14. The Balaban J connectivity index is 2.50. The number of ether oxygens (including phenoxy) is 2. The van der Waals surface area contributed by atoms with Gasteiger partial charge in [0.15, 0.2) is 0 Å². The van der Waals surface area contributed by atoms with Crippen LogP contribution >= 0.6 is 0 Å². The summed E-state index contributed by atoms with van der Waals surface area (Å²) in [4.78, 5) is 0. The number of nitrogens with one attached hydrogen (secondary N) is 2. The number of benzene rings is 1. The monoisotopic (exact) mass is 292 g/mol. The van der Waals surface area contributed by atoms with Gasteiger partial charge in [0, 0.05) is 29.3 Å². The molecule has 2 N–H and O–H groups in total. The standard InChI is InChI=1S/C17H28N2O2/c1-5-7-14-16-13(8-9-19-14)17(21-4)12(11-18-6-2)10-15(16)20-3/h10,14,18-19H,5-9,11H2,1-4H3. The summed E-state index contributed by atoms with van der Waals surface area (Å²) in [5, 5.41) is 7.00. The van der Waals surface area contributed by atoms with Crippen molar-refractivity contribution in [3.05, 3.63) is 22.8 Å². The van der Waals surface area contributed by atoms with Gasteiger partial charge < -0.3 is 20.1 Å². The average Bonchev–Trinajstić information content (AvgIpc) is 2.52. The molecule has 0 fully saturated rings. The van der Waals surface area contributed by atoms with Gasteiger partial charge in [-0.3, -0.25) is 0 Å². The first kappa shape index (κ1) is 16.1. The Morgan fingerprint density at radius 2 is 2.10 bits per heavy atom. The summed E-state index contributed by atoms with van der Waals surface area (Å²) in [7, 11) is 3.53. The van der Waals surface area contributed by atoms with Gasteiger partial charge in [-0.25, -0.2) is 0 Å². The van der Waals surface area contributed by atoms with Crippen LogP contribution in [0.1, 0.15) is 49.4 Å². The van der Waals surface area contributed by atoms with Gasteiger partial charge in [0.25, 0.3) is 0 Å². The minimum absolute atomic E-state index is 0.371. The molecule has 1 unspecified atom stereocenters. The minimum Gasteiger partial charge on any atom is -0.496 e. The smallest absolute Gasteiger partial charge is 0.127 e. The van der Waals surface area contributed by atoms with Crippen molar-refractivity contribution in [2.75, 3.05) is 27.3 Å². The van der Waals surface area contributed by atoms with Crippen molar-refractivity contribution in [2.24, 2.45) is 0 Å². The van der Waals surface area contributed by atoms with Crippen LogP contribution < -0.4 is 20.1 Å². The van der Waals surface area contributed by atoms with Crippen LogP contribution in [0.5, 0.6) is 11.5 Å². The summed E-state index contributed by atoms with van der Waals surface area (Å²) >= 11 is 0. The molecule has 0 radical (unpaired) electrons. The molecule has 118 valence electrons. The molecule has 2 rings (SSSR count). The van der Waals surface area contributed by atoms with Crippen molar-refractivity contribution in [2.45, 2.75) is 45.7 Å². The SMILES string of the molecule is CCCC1NCCc2c(OC)c(CNCC)cc(OC)c21. The molecule has 0 amide bonds. The molecule has 4 nitrogen and oxygen atoms in total. The highest BCUT2D eigenvalue weighted by Gasteiger charge is 2.27. The molecule has 0 aromatic heterocycles. The Morgan fingerprint density at radius 1 is 1.29 bits per heavy atom. The predicted octanol–water partition coefficient (Wildman–Crippen LogP) is 2.80. The summed E-state index contributed by atoms with van der Waals surface area (Å²) in [6, 6.07) is 2.51. The first-order valence-electron chi connectivity index (χ1n) is 7.97. The van der Waals surface area contributed by atoms with Crippen LogP contribution in [0.2, 0.25) is 0 Å². The minimum atomic E-state index is 0.371. The summed E-state index contributed by atoms with van der Waals surface area (Å²) in [6.07, 6.45) is 3.27. The van der Waals surface area contributed by atoms with Gasteiger partial charge in [0.2, 0.25) is 0 Å². The fraction of sp³-hybridized carbons (Fsp3) is 0.647. The largest absolute Gasteiger partial charge is 0.496 e. The first-order valence-corrected chi connectivity index (χ1v) is 7.97. The molecular formula is C17H28N2O2. The maximum atomic E-state index is 5.74. The second kappa shape index (κ2) is 7.66. The van der Waals surface area contributed by atoms with Gasteiger partial charge in [-0.05, 0) is 32.0 Å². The van der Waals surface area contributed by atoms with Gasteiger partial charge in [-0.2, -0.15) is 0 Å². The van der Waals surface area contributed by atoms with E-state index in [1.165, 1.54) is 16.7 Å². The molecule has 0 spiro atoms. The Bertz CT molecular complexity index is 474. The van der Waals surface area contributed by atoms with E-state index >= 15 is 0 Å². The normalized spacial score (nSPS) is 17.4. The molecule has 0 aliphatic carbocycles. The molecule has 1 heterocycles. The fourth-order valence-corrected chi connectivity index (χ4v) is 3.22. The zero-order valence-electron chi connectivity index (χ0n) is 13.7. The summed E-state index contributed by atoms with van der Waals surface area (Å²) in [5.41, 5.74) is 3.80. The van der Waals surface area contributed by atoms with Gasteiger partial charge in [0.05, 0.1) is 14.2 Å². The van der Waals surface area contributed by atoms with Crippen LogP contribution in [0.15, 0.2) is 6.07 Å². The molecule has 1 atom stereocenters. The van der Waals surface area contributed by atoms with Gasteiger partial charge in [-0.15, -0.1) is 0 Å². The lowest BCUT2D eigenvalue weighted by Gasteiger charge is -2.31. The van der Waals surface area contributed by atoms with E-state index in [0.717, 1.165) is 50.4 Å². The van der Waals surface area contributed by atoms with Gasteiger partial charge in [0.1, 0.15) is 11.5 Å². The molecule has 1 aromatic rings.